The fraction of sp³-hybridized carbons (Fsp3) is 0.769. The quantitative estimate of drug-likeness (QED) is 0.853. The van der Waals surface area contributed by atoms with Crippen LogP contribution in [0.4, 0.5) is 0 Å². The summed E-state index contributed by atoms with van der Waals surface area (Å²) in [7, 11) is 0. The smallest absolute Gasteiger partial charge is 0.0527 e. The molecule has 1 unspecified atom stereocenters. The Balaban J connectivity index is 2.18. The number of hydrogen-bond donors (Lipinski definition) is 1. The van der Waals surface area contributed by atoms with Gasteiger partial charge in [0.05, 0.1) is 12.2 Å². The van der Waals surface area contributed by atoms with Gasteiger partial charge in [-0.05, 0) is 37.8 Å². The van der Waals surface area contributed by atoms with E-state index in [-0.39, 0.29) is 0 Å². The maximum absolute atomic E-state index is 5.72. The number of hydrogen-bond acceptors (Lipinski definition) is 2. The van der Waals surface area contributed by atoms with Gasteiger partial charge in [0, 0.05) is 5.69 Å². The Bertz CT molecular complexity index is 337. The van der Waals surface area contributed by atoms with Crippen LogP contribution in [-0.2, 0) is 0 Å². The van der Waals surface area contributed by atoms with Gasteiger partial charge in [0.15, 0.2) is 0 Å². The van der Waals surface area contributed by atoms with Crippen molar-refractivity contribution in [2.75, 3.05) is 6.54 Å². The molecule has 1 saturated carbocycles. The van der Waals surface area contributed by atoms with E-state index in [0.29, 0.717) is 18.5 Å². The summed E-state index contributed by atoms with van der Waals surface area (Å²) in [6.07, 6.45) is 8.69. The lowest BCUT2D eigenvalue weighted by Crippen LogP contribution is -2.16. The highest BCUT2D eigenvalue weighted by Crippen LogP contribution is 2.30. The summed E-state index contributed by atoms with van der Waals surface area (Å²) >= 11 is 0. The molecule has 3 nitrogen and oxygen atoms in total. The van der Waals surface area contributed by atoms with E-state index < -0.39 is 0 Å². The molecule has 0 saturated heterocycles. The second-order valence-electron chi connectivity index (χ2n) is 5.06. The van der Waals surface area contributed by atoms with Gasteiger partial charge in [-0.1, -0.05) is 26.2 Å². The van der Waals surface area contributed by atoms with Crippen molar-refractivity contribution in [2.24, 2.45) is 5.73 Å². The Hall–Kier alpha value is -0.830. The maximum Gasteiger partial charge on any atom is 0.0527 e. The first-order valence-electron chi connectivity index (χ1n) is 6.48. The predicted octanol–water partition coefficient (Wildman–Crippen LogP) is 2.76. The Kier molecular flexibility index (Phi) is 3.64. The normalized spacial score (nSPS) is 19.9. The van der Waals surface area contributed by atoms with E-state index in [1.165, 1.54) is 43.4 Å². The van der Waals surface area contributed by atoms with E-state index >= 15 is 0 Å². The summed E-state index contributed by atoms with van der Waals surface area (Å²) in [4.78, 5) is 0. The standard InChI is InChI=1S/C13H23N3/c1-10(8-14)13-9-15-16(11(13)2)12-6-4-3-5-7-12/h9-10,12H,3-8,14H2,1-2H3. The molecule has 90 valence electrons. The van der Waals surface area contributed by atoms with E-state index in [9.17, 15) is 0 Å². The van der Waals surface area contributed by atoms with Crippen molar-refractivity contribution in [1.29, 1.82) is 0 Å². The average Bonchev–Trinajstić information content (AvgIpc) is 2.71. The summed E-state index contributed by atoms with van der Waals surface area (Å²) in [5, 5.41) is 4.57. The molecule has 2 N–H and O–H groups in total. The van der Waals surface area contributed by atoms with E-state index in [2.05, 4.69) is 23.6 Å². The second kappa shape index (κ2) is 5.00. The minimum atomic E-state index is 0.428. The van der Waals surface area contributed by atoms with Crippen molar-refractivity contribution < 1.29 is 0 Å². The Morgan fingerprint density at radius 1 is 1.44 bits per heavy atom. The largest absolute Gasteiger partial charge is 0.330 e. The van der Waals surface area contributed by atoms with Crippen LogP contribution in [0.3, 0.4) is 0 Å². The number of nitrogens with zero attached hydrogens (tertiary/aromatic N) is 2. The molecule has 1 fully saturated rings. The number of rotatable bonds is 3. The third kappa shape index (κ3) is 2.14. The van der Waals surface area contributed by atoms with Crippen LogP contribution in [0.15, 0.2) is 6.20 Å². The third-order valence-electron chi connectivity index (χ3n) is 3.89. The number of aromatic nitrogens is 2. The highest BCUT2D eigenvalue weighted by molar-refractivity contribution is 5.21. The minimum Gasteiger partial charge on any atom is -0.330 e. The zero-order valence-electron chi connectivity index (χ0n) is 10.4. The lowest BCUT2D eigenvalue weighted by atomic mass is 9.95. The average molecular weight is 221 g/mol. The predicted molar refractivity (Wildman–Crippen MR) is 66.6 cm³/mol. The first-order valence-corrected chi connectivity index (χ1v) is 6.48. The van der Waals surface area contributed by atoms with Crippen molar-refractivity contribution in [3.63, 3.8) is 0 Å². The van der Waals surface area contributed by atoms with Gasteiger partial charge in [0.25, 0.3) is 0 Å². The Morgan fingerprint density at radius 3 is 2.75 bits per heavy atom. The SMILES string of the molecule is Cc1c(C(C)CN)cnn1C1CCCCC1. The van der Waals surface area contributed by atoms with Crippen LogP contribution < -0.4 is 5.73 Å². The lowest BCUT2D eigenvalue weighted by molar-refractivity contribution is 0.324. The van der Waals surface area contributed by atoms with Crippen LogP contribution in [-0.4, -0.2) is 16.3 Å². The van der Waals surface area contributed by atoms with Crippen LogP contribution in [0.2, 0.25) is 0 Å². The number of nitrogens with two attached hydrogens (primary N) is 1. The monoisotopic (exact) mass is 221 g/mol. The van der Waals surface area contributed by atoms with Crippen molar-refractivity contribution in [3.8, 4) is 0 Å². The molecule has 1 aliphatic rings. The van der Waals surface area contributed by atoms with Crippen LogP contribution in [0, 0.1) is 6.92 Å². The van der Waals surface area contributed by atoms with Gasteiger partial charge in [-0.15, -0.1) is 0 Å². The molecule has 0 radical (unpaired) electrons. The van der Waals surface area contributed by atoms with E-state index in [1.54, 1.807) is 0 Å². The van der Waals surface area contributed by atoms with Gasteiger partial charge >= 0.3 is 0 Å². The molecular formula is C13H23N3. The molecule has 3 heteroatoms. The highest BCUT2D eigenvalue weighted by atomic mass is 15.3. The van der Waals surface area contributed by atoms with E-state index in [1.807, 2.05) is 6.20 Å². The molecule has 0 aromatic carbocycles. The van der Waals surface area contributed by atoms with Crippen molar-refractivity contribution in [1.82, 2.24) is 9.78 Å². The molecular weight excluding hydrogens is 198 g/mol. The molecule has 0 spiro atoms. The first kappa shape index (κ1) is 11.6. The van der Waals surface area contributed by atoms with Crippen molar-refractivity contribution >= 4 is 0 Å². The maximum atomic E-state index is 5.72. The Morgan fingerprint density at radius 2 is 2.12 bits per heavy atom. The van der Waals surface area contributed by atoms with E-state index in [4.69, 9.17) is 5.73 Å². The molecule has 2 rings (SSSR count). The van der Waals surface area contributed by atoms with Crippen molar-refractivity contribution in [2.45, 2.75) is 57.9 Å². The third-order valence-corrected chi connectivity index (χ3v) is 3.89. The van der Waals surface area contributed by atoms with Crippen LogP contribution in [0.5, 0.6) is 0 Å². The summed E-state index contributed by atoms with van der Waals surface area (Å²) in [5.74, 6) is 0.428. The molecule has 0 amide bonds. The van der Waals surface area contributed by atoms with Gasteiger partial charge in [-0.2, -0.15) is 5.10 Å². The van der Waals surface area contributed by atoms with Gasteiger partial charge in [-0.3, -0.25) is 4.68 Å². The first-order chi connectivity index (χ1) is 7.74. The van der Waals surface area contributed by atoms with Gasteiger partial charge in [0.1, 0.15) is 0 Å². The fourth-order valence-electron chi connectivity index (χ4n) is 2.74. The molecule has 0 bridgehead atoms. The molecule has 1 atom stereocenters. The molecule has 1 aromatic rings. The summed E-state index contributed by atoms with van der Waals surface area (Å²) in [5.41, 5.74) is 8.37. The van der Waals surface area contributed by atoms with Crippen molar-refractivity contribution in [3.05, 3.63) is 17.5 Å². The molecule has 16 heavy (non-hydrogen) atoms. The zero-order chi connectivity index (χ0) is 11.5. The summed E-state index contributed by atoms with van der Waals surface area (Å²) in [6, 6.07) is 0.632. The highest BCUT2D eigenvalue weighted by Gasteiger charge is 2.20. The van der Waals surface area contributed by atoms with Crippen LogP contribution >= 0.6 is 0 Å². The molecule has 0 aliphatic heterocycles. The van der Waals surface area contributed by atoms with Crippen LogP contribution in [0.1, 0.15) is 62.2 Å². The molecule has 1 heterocycles. The molecule has 1 aliphatic carbocycles. The van der Waals surface area contributed by atoms with Gasteiger partial charge in [-0.25, -0.2) is 0 Å². The Labute approximate surface area is 98.0 Å². The summed E-state index contributed by atoms with van der Waals surface area (Å²) < 4.78 is 2.24. The minimum absolute atomic E-state index is 0.428. The van der Waals surface area contributed by atoms with Gasteiger partial charge in [0.2, 0.25) is 0 Å². The second-order valence-corrected chi connectivity index (χ2v) is 5.06. The topological polar surface area (TPSA) is 43.8 Å². The summed E-state index contributed by atoms with van der Waals surface area (Å²) in [6.45, 7) is 5.07. The molecule has 1 aromatic heterocycles. The van der Waals surface area contributed by atoms with Gasteiger partial charge < -0.3 is 5.73 Å². The van der Waals surface area contributed by atoms with E-state index in [0.717, 1.165) is 0 Å². The lowest BCUT2D eigenvalue weighted by Gasteiger charge is -2.23. The zero-order valence-corrected chi connectivity index (χ0v) is 10.4. The fourth-order valence-corrected chi connectivity index (χ4v) is 2.74. The van der Waals surface area contributed by atoms with Crippen LogP contribution in [0.25, 0.3) is 0 Å².